The van der Waals surface area contributed by atoms with Crippen molar-refractivity contribution in [1.82, 2.24) is 5.32 Å². The minimum atomic E-state index is -0.215. The number of hydrogen-bond acceptors (Lipinski definition) is 1. The van der Waals surface area contributed by atoms with Crippen LogP contribution in [0, 0.1) is 10.8 Å². The highest BCUT2D eigenvalue weighted by Crippen LogP contribution is 2.36. The maximum Gasteiger partial charge on any atom is 0.225 e. The van der Waals surface area contributed by atoms with Crippen molar-refractivity contribution in [3.05, 3.63) is 0 Å². The van der Waals surface area contributed by atoms with Gasteiger partial charge in [0.15, 0.2) is 0 Å². The molecule has 0 bridgehead atoms. The zero-order valence-electron chi connectivity index (χ0n) is 9.82. The van der Waals surface area contributed by atoms with Gasteiger partial charge < -0.3 is 5.32 Å². The molecule has 0 aliphatic heterocycles. The largest absolute Gasteiger partial charge is 0.359 e. The van der Waals surface area contributed by atoms with Crippen molar-refractivity contribution in [3.63, 3.8) is 0 Å². The van der Waals surface area contributed by atoms with Crippen LogP contribution in [0.15, 0.2) is 0 Å². The van der Waals surface area contributed by atoms with E-state index >= 15 is 0 Å². The topological polar surface area (TPSA) is 29.1 Å². The molecule has 0 aliphatic carbocycles. The number of hydrogen-bond donors (Lipinski definition) is 1. The van der Waals surface area contributed by atoms with E-state index in [1.807, 2.05) is 6.92 Å². The van der Waals surface area contributed by atoms with Crippen LogP contribution in [-0.4, -0.2) is 13.0 Å². The van der Waals surface area contributed by atoms with Gasteiger partial charge in [0.05, 0.1) is 0 Å². The first kappa shape index (κ1) is 12.5. The number of carbonyl (C=O) groups excluding carboxylic acids is 1. The summed E-state index contributed by atoms with van der Waals surface area (Å²) < 4.78 is 0. The molecular weight excluding hydrogens is 162 g/mol. The fourth-order valence-corrected chi connectivity index (χ4v) is 1.84. The average molecular weight is 185 g/mol. The summed E-state index contributed by atoms with van der Waals surface area (Å²) in [6.45, 7) is 10.6. The molecule has 1 amide bonds. The van der Waals surface area contributed by atoms with Crippen LogP contribution in [0.2, 0.25) is 0 Å². The van der Waals surface area contributed by atoms with E-state index in [2.05, 4.69) is 33.0 Å². The fraction of sp³-hybridized carbons (Fsp3) is 0.909. The van der Waals surface area contributed by atoms with Crippen LogP contribution in [-0.2, 0) is 4.79 Å². The lowest BCUT2D eigenvalue weighted by atomic mass is 9.73. The minimum Gasteiger partial charge on any atom is -0.359 e. The Bertz CT molecular complexity index is 181. The van der Waals surface area contributed by atoms with E-state index in [1.54, 1.807) is 7.05 Å². The molecule has 78 valence electrons. The van der Waals surface area contributed by atoms with E-state index in [0.717, 1.165) is 12.8 Å². The molecule has 0 aromatic rings. The Kier molecular flexibility index (Phi) is 3.95. The predicted octanol–water partition coefficient (Wildman–Crippen LogP) is 2.58. The second-order valence-electron chi connectivity index (χ2n) is 5.23. The zero-order valence-corrected chi connectivity index (χ0v) is 9.82. The highest BCUT2D eigenvalue weighted by Gasteiger charge is 2.34. The van der Waals surface area contributed by atoms with Gasteiger partial charge >= 0.3 is 0 Å². The summed E-state index contributed by atoms with van der Waals surface area (Å²) in [6.07, 6.45) is 1.82. The van der Waals surface area contributed by atoms with Crippen molar-refractivity contribution in [3.8, 4) is 0 Å². The van der Waals surface area contributed by atoms with Crippen molar-refractivity contribution in [1.29, 1.82) is 0 Å². The Morgan fingerprint density at radius 2 is 1.69 bits per heavy atom. The summed E-state index contributed by atoms with van der Waals surface area (Å²) in [6, 6.07) is 0. The minimum absolute atomic E-state index is 0.157. The zero-order chi connectivity index (χ0) is 10.7. The molecule has 1 N–H and O–H groups in total. The molecule has 0 aromatic carbocycles. The molecule has 0 radical (unpaired) electrons. The quantitative estimate of drug-likeness (QED) is 0.719. The van der Waals surface area contributed by atoms with Gasteiger partial charge in [-0.25, -0.2) is 0 Å². The summed E-state index contributed by atoms with van der Waals surface area (Å²) in [5.41, 5.74) is -0.00965. The maximum atomic E-state index is 11.6. The first-order chi connectivity index (χ1) is 5.75. The molecule has 0 heterocycles. The van der Waals surface area contributed by atoms with Crippen LogP contribution in [0.4, 0.5) is 0 Å². The molecule has 1 unspecified atom stereocenters. The van der Waals surface area contributed by atoms with Crippen LogP contribution in [0.5, 0.6) is 0 Å². The molecule has 0 fully saturated rings. The molecule has 1 atom stereocenters. The van der Waals surface area contributed by atoms with Crippen LogP contribution < -0.4 is 5.32 Å². The van der Waals surface area contributed by atoms with E-state index < -0.39 is 0 Å². The molecule has 0 aromatic heterocycles. The molecule has 0 aliphatic rings. The predicted molar refractivity (Wildman–Crippen MR) is 56.5 cm³/mol. The molecule has 2 nitrogen and oxygen atoms in total. The Morgan fingerprint density at radius 3 is 1.92 bits per heavy atom. The third-order valence-electron chi connectivity index (χ3n) is 2.48. The van der Waals surface area contributed by atoms with Gasteiger partial charge in [0.1, 0.15) is 0 Å². The summed E-state index contributed by atoms with van der Waals surface area (Å²) in [5, 5.41) is 2.74. The van der Waals surface area contributed by atoms with Gasteiger partial charge in [-0.2, -0.15) is 0 Å². The summed E-state index contributed by atoms with van der Waals surface area (Å²) in [4.78, 5) is 11.6. The standard InChI is InChI=1S/C11H23NO/c1-7-11(5,9(13)12-6)8-10(2,3)4/h7-8H2,1-6H3,(H,12,13). The van der Waals surface area contributed by atoms with Gasteiger partial charge in [0, 0.05) is 12.5 Å². The van der Waals surface area contributed by atoms with E-state index in [4.69, 9.17) is 0 Å². The van der Waals surface area contributed by atoms with Crippen LogP contribution in [0.3, 0.4) is 0 Å². The number of nitrogens with one attached hydrogen (secondary N) is 1. The number of rotatable bonds is 3. The molecule has 0 saturated heterocycles. The lowest BCUT2D eigenvalue weighted by molar-refractivity contribution is -0.131. The highest BCUT2D eigenvalue weighted by molar-refractivity contribution is 5.81. The monoisotopic (exact) mass is 185 g/mol. The van der Waals surface area contributed by atoms with Crippen molar-refractivity contribution >= 4 is 5.91 Å². The Balaban J connectivity index is 4.55. The van der Waals surface area contributed by atoms with Gasteiger partial charge in [0.25, 0.3) is 0 Å². The lowest BCUT2D eigenvalue weighted by Crippen LogP contribution is -2.39. The number of carbonyl (C=O) groups is 1. The van der Waals surface area contributed by atoms with Crippen molar-refractivity contribution in [2.45, 2.75) is 47.5 Å². The fourth-order valence-electron chi connectivity index (χ4n) is 1.84. The van der Waals surface area contributed by atoms with Gasteiger partial charge in [-0.3, -0.25) is 4.79 Å². The van der Waals surface area contributed by atoms with Crippen LogP contribution in [0.25, 0.3) is 0 Å². The number of amides is 1. The third kappa shape index (κ3) is 3.79. The van der Waals surface area contributed by atoms with E-state index in [9.17, 15) is 4.79 Å². The van der Waals surface area contributed by atoms with E-state index in [-0.39, 0.29) is 16.7 Å². The Hall–Kier alpha value is -0.530. The van der Waals surface area contributed by atoms with Gasteiger partial charge in [-0.05, 0) is 18.3 Å². The van der Waals surface area contributed by atoms with Gasteiger partial charge in [-0.1, -0.05) is 34.6 Å². The van der Waals surface area contributed by atoms with Crippen molar-refractivity contribution in [2.24, 2.45) is 10.8 Å². The van der Waals surface area contributed by atoms with Crippen molar-refractivity contribution in [2.75, 3.05) is 7.05 Å². The second-order valence-corrected chi connectivity index (χ2v) is 5.23. The van der Waals surface area contributed by atoms with E-state index in [0.29, 0.717) is 0 Å². The normalized spacial score (nSPS) is 16.5. The third-order valence-corrected chi connectivity index (χ3v) is 2.48. The molecule has 0 rings (SSSR count). The van der Waals surface area contributed by atoms with Gasteiger partial charge in [-0.15, -0.1) is 0 Å². The maximum absolute atomic E-state index is 11.6. The summed E-state index contributed by atoms with van der Waals surface area (Å²) in [7, 11) is 1.71. The molecule has 0 spiro atoms. The Labute approximate surface area is 82.1 Å². The summed E-state index contributed by atoms with van der Waals surface area (Å²) in [5.74, 6) is 0.157. The van der Waals surface area contributed by atoms with E-state index in [1.165, 1.54) is 0 Å². The molecule has 0 saturated carbocycles. The molecular formula is C11H23NO. The Morgan fingerprint density at radius 1 is 1.23 bits per heavy atom. The SMILES string of the molecule is CCC(C)(CC(C)(C)C)C(=O)NC. The highest BCUT2D eigenvalue weighted by atomic mass is 16.2. The smallest absolute Gasteiger partial charge is 0.225 e. The van der Waals surface area contributed by atoms with Crippen molar-refractivity contribution < 1.29 is 4.79 Å². The first-order valence-corrected chi connectivity index (χ1v) is 4.97. The van der Waals surface area contributed by atoms with Crippen LogP contribution >= 0.6 is 0 Å². The first-order valence-electron chi connectivity index (χ1n) is 4.97. The second kappa shape index (κ2) is 4.12. The lowest BCUT2D eigenvalue weighted by Gasteiger charge is -2.33. The average Bonchev–Trinajstić information content (AvgIpc) is 1.99. The molecule has 13 heavy (non-hydrogen) atoms. The van der Waals surface area contributed by atoms with Crippen LogP contribution in [0.1, 0.15) is 47.5 Å². The summed E-state index contributed by atoms with van der Waals surface area (Å²) >= 11 is 0. The molecule has 2 heteroatoms. The van der Waals surface area contributed by atoms with Gasteiger partial charge in [0.2, 0.25) is 5.91 Å².